The van der Waals surface area contributed by atoms with Gasteiger partial charge in [0.15, 0.2) is 0 Å². The van der Waals surface area contributed by atoms with Gasteiger partial charge in [0.1, 0.15) is 0 Å². The van der Waals surface area contributed by atoms with Crippen LogP contribution in [0.25, 0.3) is 0 Å². The van der Waals surface area contributed by atoms with Crippen molar-refractivity contribution in [3.05, 3.63) is 24.3 Å². The summed E-state index contributed by atoms with van der Waals surface area (Å²) in [4.78, 5) is 2.37. The molecule has 1 saturated heterocycles. The summed E-state index contributed by atoms with van der Waals surface area (Å²) < 4.78 is 25.6. The number of nitrogens with zero attached hydrogens (tertiary/aromatic N) is 1. The minimum atomic E-state index is -3.20. The van der Waals surface area contributed by atoms with Crippen molar-refractivity contribution in [2.75, 3.05) is 35.9 Å². The zero-order valence-corrected chi connectivity index (χ0v) is 13.6. The molecule has 0 aromatic heterocycles. The van der Waals surface area contributed by atoms with Crippen molar-refractivity contribution in [1.29, 1.82) is 0 Å². The molecule has 6 heteroatoms. The summed E-state index contributed by atoms with van der Waals surface area (Å²) in [6, 6.07) is 7.97. The topological polar surface area (TPSA) is 61.4 Å². The quantitative estimate of drug-likeness (QED) is 0.876. The van der Waals surface area contributed by atoms with Gasteiger partial charge in [0.2, 0.25) is 10.0 Å². The predicted molar refractivity (Wildman–Crippen MR) is 88.3 cm³/mol. The molecule has 0 aliphatic carbocycles. The number of nitrogens with one attached hydrogen (secondary N) is 2. The molecule has 0 saturated carbocycles. The maximum absolute atomic E-state index is 11.5. The van der Waals surface area contributed by atoms with Crippen LogP contribution in [-0.2, 0) is 10.0 Å². The van der Waals surface area contributed by atoms with Crippen molar-refractivity contribution >= 4 is 21.4 Å². The fraction of sp³-hybridized carbons (Fsp3) is 0.600. The van der Waals surface area contributed by atoms with E-state index in [4.69, 9.17) is 0 Å². The van der Waals surface area contributed by atoms with Crippen molar-refractivity contribution in [3.63, 3.8) is 0 Å². The highest BCUT2D eigenvalue weighted by atomic mass is 32.2. The Hall–Kier alpha value is -1.27. The number of likely N-dealkylation sites (tertiary alicyclic amines) is 1. The lowest BCUT2D eigenvalue weighted by Gasteiger charge is -2.18. The van der Waals surface area contributed by atoms with Crippen LogP contribution in [0.5, 0.6) is 0 Å². The van der Waals surface area contributed by atoms with Crippen LogP contribution in [0.3, 0.4) is 0 Å². The zero-order valence-electron chi connectivity index (χ0n) is 12.8. The van der Waals surface area contributed by atoms with Gasteiger partial charge < -0.3 is 10.2 Å². The van der Waals surface area contributed by atoms with Crippen LogP contribution in [0.1, 0.15) is 26.2 Å². The predicted octanol–water partition coefficient (Wildman–Crippen LogP) is 2.34. The van der Waals surface area contributed by atoms with Gasteiger partial charge in [-0.05, 0) is 70.6 Å². The molecule has 2 rings (SSSR count). The van der Waals surface area contributed by atoms with Crippen molar-refractivity contribution in [2.24, 2.45) is 0 Å². The maximum Gasteiger partial charge on any atom is 0.232 e. The van der Waals surface area contributed by atoms with Crippen molar-refractivity contribution < 1.29 is 8.42 Å². The Labute approximate surface area is 127 Å². The Kier molecular flexibility index (Phi) is 5.47. The van der Waals surface area contributed by atoms with Gasteiger partial charge >= 0.3 is 0 Å². The number of anilines is 2. The Morgan fingerprint density at radius 3 is 2.48 bits per heavy atom. The monoisotopic (exact) mass is 311 g/mol. The first-order valence-electron chi connectivity index (χ1n) is 7.54. The minimum absolute atomic E-state index is 0.0859. The average molecular weight is 311 g/mol. The SMILES string of the molecule is CCS(=O)(=O)Nc1ccc(NC2CCCN(C)CC2)cc1. The number of hydrogen-bond acceptors (Lipinski definition) is 4. The highest BCUT2D eigenvalue weighted by Crippen LogP contribution is 2.19. The summed E-state index contributed by atoms with van der Waals surface area (Å²) in [6.07, 6.45) is 3.53. The van der Waals surface area contributed by atoms with Gasteiger partial charge in [-0.1, -0.05) is 0 Å². The fourth-order valence-electron chi connectivity index (χ4n) is 2.51. The zero-order chi connectivity index (χ0) is 15.3. The van der Waals surface area contributed by atoms with Gasteiger partial charge in [-0.3, -0.25) is 4.72 Å². The molecule has 1 aliphatic heterocycles. The number of sulfonamides is 1. The second-order valence-corrected chi connectivity index (χ2v) is 7.67. The minimum Gasteiger partial charge on any atom is -0.382 e. The van der Waals surface area contributed by atoms with Crippen LogP contribution in [0.15, 0.2) is 24.3 Å². The normalized spacial score (nSPS) is 20.8. The lowest BCUT2D eigenvalue weighted by Crippen LogP contribution is -2.23. The highest BCUT2D eigenvalue weighted by Gasteiger charge is 2.14. The summed E-state index contributed by atoms with van der Waals surface area (Å²) in [5, 5.41) is 3.54. The standard InChI is InChI=1S/C15H25N3O2S/c1-3-21(19,20)17-15-8-6-14(7-9-15)16-13-5-4-11-18(2)12-10-13/h6-9,13,16-17H,3-5,10-12H2,1-2H3. The van der Waals surface area contributed by atoms with Crippen LogP contribution in [-0.4, -0.2) is 45.2 Å². The molecule has 118 valence electrons. The van der Waals surface area contributed by atoms with E-state index in [1.165, 1.54) is 12.8 Å². The first kappa shape index (κ1) is 16.1. The van der Waals surface area contributed by atoms with Crippen molar-refractivity contribution in [1.82, 2.24) is 4.90 Å². The van der Waals surface area contributed by atoms with Crippen molar-refractivity contribution in [3.8, 4) is 0 Å². The van der Waals surface area contributed by atoms with Gasteiger partial charge in [-0.15, -0.1) is 0 Å². The highest BCUT2D eigenvalue weighted by molar-refractivity contribution is 7.92. The van der Waals surface area contributed by atoms with E-state index in [1.54, 1.807) is 19.1 Å². The first-order chi connectivity index (χ1) is 9.98. The molecular weight excluding hydrogens is 286 g/mol. The number of hydrogen-bond donors (Lipinski definition) is 2. The fourth-order valence-corrected chi connectivity index (χ4v) is 3.15. The van der Waals surface area contributed by atoms with Gasteiger partial charge in [0, 0.05) is 17.4 Å². The summed E-state index contributed by atoms with van der Waals surface area (Å²) in [5.74, 6) is 0.0859. The van der Waals surface area contributed by atoms with Crippen LogP contribution in [0, 0.1) is 0 Å². The molecule has 21 heavy (non-hydrogen) atoms. The van der Waals surface area contributed by atoms with Crippen LogP contribution < -0.4 is 10.0 Å². The van der Waals surface area contributed by atoms with E-state index < -0.39 is 10.0 Å². The molecule has 2 N–H and O–H groups in total. The van der Waals surface area contributed by atoms with Crippen molar-refractivity contribution in [2.45, 2.75) is 32.2 Å². The molecule has 0 bridgehead atoms. The van der Waals surface area contributed by atoms with Gasteiger partial charge in [-0.25, -0.2) is 8.42 Å². The first-order valence-corrected chi connectivity index (χ1v) is 9.19. The number of rotatable bonds is 5. The van der Waals surface area contributed by atoms with Gasteiger partial charge in [0.25, 0.3) is 0 Å². The molecule has 0 spiro atoms. The molecule has 1 heterocycles. The van der Waals surface area contributed by atoms with E-state index in [9.17, 15) is 8.42 Å². The third-order valence-corrected chi connectivity index (χ3v) is 5.17. The molecular formula is C15H25N3O2S. The molecule has 1 fully saturated rings. The Bertz CT molecular complexity index is 543. The van der Waals surface area contributed by atoms with E-state index in [-0.39, 0.29) is 5.75 Å². The average Bonchev–Trinajstić information content (AvgIpc) is 2.66. The smallest absolute Gasteiger partial charge is 0.232 e. The molecule has 0 amide bonds. The molecule has 1 unspecified atom stereocenters. The van der Waals surface area contributed by atoms with Crippen LogP contribution in [0.2, 0.25) is 0 Å². The maximum atomic E-state index is 11.5. The Morgan fingerprint density at radius 2 is 1.81 bits per heavy atom. The molecule has 1 aromatic carbocycles. The van der Waals surface area contributed by atoms with Crippen LogP contribution >= 0.6 is 0 Å². The third kappa shape index (κ3) is 5.21. The molecule has 1 atom stereocenters. The largest absolute Gasteiger partial charge is 0.382 e. The summed E-state index contributed by atoms with van der Waals surface area (Å²) in [5.41, 5.74) is 1.66. The van der Waals surface area contributed by atoms with E-state index >= 15 is 0 Å². The van der Waals surface area contributed by atoms with E-state index in [0.717, 1.165) is 25.2 Å². The Balaban J connectivity index is 1.93. The van der Waals surface area contributed by atoms with Crippen LogP contribution in [0.4, 0.5) is 11.4 Å². The Morgan fingerprint density at radius 1 is 1.14 bits per heavy atom. The summed E-state index contributed by atoms with van der Waals surface area (Å²) >= 11 is 0. The lowest BCUT2D eigenvalue weighted by atomic mass is 10.1. The van der Waals surface area contributed by atoms with Gasteiger partial charge in [-0.2, -0.15) is 0 Å². The van der Waals surface area contributed by atoms with E-state index in [0.29, 0.717) is 11.7 Å². The van der Waals surface area contributed by atoms with Gasteiger partial charge in [0.05, 0.1) is 5.75 Å². The molecule has 1 aliphatic rings. The second-order valence-electron chi connectivity index (χ2n) is 5.66. The summed E-state index contributed by atoms with van der Waals surface area (Å²) in [7, 11) is -1.04. The molecule has 0 radical (unpaired) electrons. The van der Waals surface area contributed by atoms with E-state index in [1.807, 2.05) is 12.1 Å². The molecule has 5 nitrogen and oxygen atoms in total. The van der Waals surface area contributed by atoms with E-state index in [2.05, 4.69) is 22.0 Å². The summed E-state index contributed by atoms with van der Waals surface area (Å²) in [6.45, 7) is 3.91. The lowest BCUT2D eigenvalue weighted by molar-refractivity contribution is 0.348. The molecule has 1 aromatic rings. The third-order valence-electron chi connectivity index (χ3n) is 3.86. The second kappa shape index (κ2) is 7.13. The number of benzene rings is 1.